The fourth-order valence-corrected chi connectivity index (χ4v) is 3.71. The summed E-state index contributed by atoms with van der Waals surface area (Å²) in [7, 11) is 0. The number of hydrogen-bond donors (Lipinski definition) is 0. The Balaban J connectivity index is 2.18. The molecular formula is C18H28N2. The zero-order chi connectivity index (χ0) is 14.7. The smallest absolute Gasteiger partial charge is 0.0611 e. The lowest BCUT2D eigenvalue weighted by molar-refractivity contribution is 0.128. The van der Waals surface area contributed by atoms with Gasteiger partial charge in [0, 0.05) is 22.5 Å². The summed E-state index contributed by atoms with van der Waals surface area (Å²) >= 11 is 0. The first-order valence-corrected chi connectivity index (χ1v) is 7.94. The molecule has 110 valence electrons. The molecule has 0 aromatic heterocycles. The summed E-state index contributed by atoms with van der Waals surface area (Å²) < 4.78 is 0. The maximum atomic E-state index is 2.60. The second-order valence-corrected chi connectivity index (χ2v) is 8.16. The van der Waals surface area contributed by atoms with E-state index in [1.807, 2.05) is 0 Å². The number of nitrogens with zero attached hydrogens (tertiary/aromatic N) is 2. The van der Waals surface area contributed by atoms with Gasteiger partial charge >= 0.3 is 0 Å². The highest BCUT2D eigenvalue weighted by Crippen LogP contribution is 2.50. The van der Waals surface area contributed by atoms with Gasteiger partial charge in [-0.15, -0.1) is 0 Å². The van der Waals surface area contributed by atoms with Gasteiger partial charge in [-0.05, 0) is 67.2 Å². The summed E-state index contributed by atoms with van der Waals surface area (Å²) in [6, 6.07) is 0. The van der Waals surface area contributed by atoms with E-state index in [4.69, 9.17) is 0 Å². The monoisotopic (exact) mass is 272 g/mol. The molecule has 0 saturated heterocycles. The van der Waals surface area contributed by atoms with Gasteiger partial charge in [0.2, 0.25) is 0 Å². The van der Waals surface area contributed by atoms with Crippen molar-refractivity contribution in [2.45, 2.75) is 78.3 Å². The van der Waals surface area contributed by atoms with Crippen molar-refractivity contribution in [1.29, 1.82) is 0 Å². The molecule has 0 aromatic carbocycles. The summed E-state index contributed by atoms with van der Waals surface area (Å²) in [5.41, 5.74) is 6.31. The third kappa shape index (κ3) is 1.92. The van der Waals surface area contributed by atoms with Crippen LogP contribution in [0.25, 0.3) is 0 Å². The Bertz CT molecular complexity index is 473. The topological polar surface area (TPSA) is 6.48 Å². The Morgan fingerprint density at radius 2 is 1.05 bits per heavy atom. The molecule has 0 unspecified atom stereocenters. The van der Waals surface area contributed by atoms with Crippen LogP contribution in [0.1, 0.15) is 67.2 Å². The molecule has 0 fully saturated rings. The van der Waals surface area contributed by atoms with E-state index < -0.39 is 0 Å². The molecule has 2 aliphatic carbocycles. The largest absolute Gasteiger partial charge is 0.337 e. The molecule has 3 rings (SSSR count). The molecular weight excluding hydrogens is 244 g/mol. The Morgan fingerprint density at radius 3 is 1.30 bits per heavy atom. The molecule has 0 spiro atoms. The highest BCUT2D eigenvalue weighted by Gasteiger charge is 2.44. The van der Waals surface area contributed by atoms with E-state index in [2.05, 4.69) is 63.5 Å². The summed E-state index contributed by atoms with van der Waals surface area (Å²) in [6.45, 7) is 14.0. The maximum absolute atomic E-state index is 2.60. The number of allylic oxidation sites excluding steroid dienone is 4. The van der Waals surface area contributed by atoms with Crippen LogP contribution in [0.3, 0.4) is 0 Å². The minimum Gasteiger partial charge on any atom is -0.337 e. The molecule has 0 N–H and O–H groups in total. The number of fused-ring (bicyclic) bond motifs is 1. The van der Waals surface area contributed by atoms with Crippen molar-refractivity contribution in [1.82, 2.24) is 9.80 Å². The van der Waals surface area contributed by atoms with Crippen LogP contribution in [0, 0.1) is 0 Å². The molecule has 0 bridgehead atoms. The average molecular weight is 272 g/mol. The first kappa shape index (κ1) is 13.8. The first-order chi connectivity index (χ1) is 9.21. The molecule has 2 heteroatoms. The van der Waals surface area contributed by atoms with Crippen LogP contribution in [0.5, 0.6) is 0 Å². The van der Waals surface area contributed by atoms with Gasteiger partial charge in [0.1, 0.15) is 0 Å². The molecule has 20 heavy (non-hydrogen) atoms. The zero-order valence-electron chi connectivity index (χ0n) is 13.9. The molecule has 1 heterocycles. The van der Waals surface area contributed by atoms with Crippen LogP contribution in [-0.4, -0.2) is 20.9 Å². The molecule has 0 amide bonds. The fourth-order valence-electron chi connectivity index (χ4n) is 3.71. The number of rotatable bonds is 0. The van der Waals surface area contributed by atoms with E-state index in [9.17, 15) is 0 Å². The van der Waals surface area contributed by atoms with E-state index in [0.717, 1.165) is 0 Å². The highest BCUT2D eigenvalue weighted by atomic mass is 15.3. The van der Waals surface area contributed by atoms with Crippen molar-refractivity contribution >= 4 is 0 Å². The van der Waals surface area contributed by atoms with E-state index in [1.165, 1.54) is 37.1 Å². The van der Waals surface area contributed by atoms with E-state index in [1.54, 1.807) is 11.4 Å². The highest BCUT2D eigenvalue weighted by molar-refractivity contribution is 5.47. The third-order valence-electron chi connectivity index (χ3n) is 4.40. The Hall–Kier alpha value is -1.18. The minimum atomic E-state index is 0.160. The Morgan fingerprint density at radius 1 is 0.700 bits per heavy atom. The van der Waals surface area contributed by atoms with Crippen molar-refractivity contribution < 1.29 is 0 Å². The predicted molar refractivity (Wildman–Crippen MR) is 84.8 cm³/mol. The van der Waals surface area contributed by atoms with Crippen LogP contribution in [0.2, 0.25) is 0 Å². The van der Waals surface area contributed by atoms with Gasteiger partial charge in [-0.2, -0.15) is 0 Å². The van der Waals surface area contributed by atoms with Crippen LogP contribution >= 0.6 is 0 Å². The van der Waals surface area contributed by atoms with Gasteiger partial charge in [0.25, 0.3) is 0 Å². The molecule has 1 aliphatic heterocycles. The van der Waals surface area contributed by atoms with Crippen molar-refractivity contribution in [2.75, 3.05) is 0 Å². The standard InChI is InChI=1S/C18H28N2/c1-17(2,3)19-13-9-7-8-10-14(13)20(18(4,5)6)16-12-11-15(16)19/h9-10H,7-8,11-12H2,1-6H3. The summed E-state index contributed by atoms with van der Waals surface area (Å²) in [6.07, 6.45) is 9.69. The predicted octanol–water partition coefficient (Wildman–Crippen LogP) is 4.77. The second-order valence-electron chi connectivity index (χ2n) is 8.16. The Labute approximate surface area is 123 Å². The lowest BCUT2D eigenvalue weighted by Crippen LogP contribution is -2.54. The fraction of sp³-hybridized carbons (Fsp3) is 0.667. The molecule has 3 aliphatic rings. The van der Waals surface area contributed by atoms with Crippen LogP contribution < -0.4 is 0 Å². The third-order valence-corrected chi connectivity index (χ3v) is 4.40. The van der Waals surface area contributed by atoms with Crippen molar-refractivity contribution in [3.05, 3.63) is 34.9 Å². The van der Waals surface area contributed by atoms with Gasteiger partial charge in [0.15, 0.2) is 0 Å². The number of hydrogen-bond acceptors (Lipinski definition) is 2. The Kier molecular flexibility index (Phi) is 2.87. The molecule has 0 aromatic rings. The summed E-state index contributed by atoms with van der Waals surface area (Å²) in [5.74, 6) is 0. The molecule has 2 nitrogen and oxygen atoms in total. The molecule has 0 saturated carbocycles. The summed E-state index contributed by atoms with van der Waals surface area (Å²) in [4.78, 5) is 5.19. The normalized spacial score (nSPS) is 22.9. The van der Waals surface area contributed by atoms with Crippen molar-refractivity contribution in [3.8, 4) is 0 Å². The van der Waals surface area contributed by atoms with Gasteiger partial charge in [-0.25, -0.2) is 0 Å². The van der Waals surface area contributed by atoms with Gasteiger partial charge in [0.05, 0.1) is 11.4 Å². The van der Waals surface area contributed by atoms with Gasteiger partial charge < -0.3 is 9.80 Å². The first-order valence-electron chi connectivity index (χ1n) is 7.94. The maximum Gasteiger partial charge on any atom is 0.0611 e. The van der Waals surface area contributed by atoms with Gasteiger partial charge in [-0.1, -0.05) is 12.2 Å². The SMILES string of the molecule is CC(C)(C)N1C2=CCCC=C2N(C(C)(C)C)C2=C1CC2. The quantitative estimate of drug-likeness (QED) is 0.627. The van der Waals surface area contributed by atoms with E-state index in [-0.39, 0.29) is 11.1 Å². The van der Waals surface area contributed by atoms with Crippen LogP contribution in [-0.2, 0) is 0 Å². The van der Waals surface area contributed by atoms with Crippen LogP contribution in [0.15, 0.2) is 34.9 Å². The van der Waals surface area contributed by atoms with Gasteiger partial charge in [-0.3, -0.25) is 0 Å². The molecule has 0 atom stereocenters. The second kappa shape index (κ2) is 4.16. The van der Waals surface area contributed by atoms with Crippen molar-refractivity contribution in [2.24, 2.45) is 0 Å². The van der Waals surface area contributed by atoms with E-state index in [0.29, 0.717) is 0 Å². The summed E-state index contributed by atoms with van der Waals surface area (Å²) in [5, 5.41) is 0. The minimum absolute atomic E-state index is 0.160. The lowest BCUT2D eigenvalue weighted by Gasteiger charge is -2.57. The van der Waals surface area contributed by atoms with Crippen molar-refractivity contribution in [3.63, 3.8) is 0 Å². The molecule has 0 radical (unpaired) electrons. The van der Waals surface area contributed by atoms with Crippen LogP contribution in [0.4, 0.5) is 0 Å². The lowest BCUT2D eigenvalue weighted by atomic mass is 9.84. The van der Waals surface area contributed by atoms with E-state index >= 15 is 0 Å². The zero-order valence-corrected chi connectivity index (χ0v) is 13.9. The average Bonchev–Trinajstić information content (AvgIpc) is 2.27.